The van der Waals surface area contributed by atoms with Crippen LogP contribution in [0.15, 0.2) is 40.9 Å². The first-order chi connectivity index (χ1) is 9.95. The maximum atomic E-state index is 13.7. The van der Waals surface area contributed by atoms with E-state index in [9.17, 15) is 4.39 Å². The molecule has 0 unspecified atom stereocenters. The minimum atomic E-state index is -0.425. The summed E-state index contributed by atoms with van der Waals surface area (Å²) in [5, 5.41) is 3.89. The fourth-order valence-electron chi connectivity index (χ4n) is 1.73. The average molecular weight is 373 g/mol. The molecule has 0 aromatic heterocycles. The van der Waals surface area contributed by atoms with Gasteiger partial charge >= 0.3 is 0 Å². The van der Waals surface area contributed by atoms with E-state index in [1.807, 2.05) is 6.07 Å². The lowest BCUT2D eigenvalue weighted by atomic mass is 10.2. The van der Waals surface area contributed by atoms with E-state index in [0.29, 0.717) is 27.8 Å². The predicted octanol–water partition coefficient (Wildman–Crippen LogP) is 5.53. The van der Waals surface area contributed by atoms with Gasteiger partial charge in [-0.15, -0.1) is 0 Å². The number of rotatable bonds is 5. The molecule has 1 N–H and O–H groups in total. The number of halogens is 3. The Hall–Kier alpha value is -1.10. The zero-order valence-electron chi connectivity index (χ0n) is 11.8. The van der Waals surface area contributed by atoms with Crippen LogP contribution in [0.5, 0.6) is 11.5 Å². The maximum Gasteiger partial charge on any atom is 0.166 e. The highest BCUT2D eigenvalue weighted by Gasteiger charge is 2.08. The summed E-state index contributed by atoms with van der Waals surface area (Å²) in [7, 11) is 0. The van der Waals surface area contributed by atoms with Crippen molar-refractivity contribution in [2.24, 2.45) is 0 Å². The van der Waals surface area contributed by atoms with E-state index >= 15 is 0 Å². The summed E-state index contributed by atoms with van der Waals surface area (Å²) in [4.78, 5) is 0. The van der Waals surface area contributed by atoms with Crippen LogP contribution < -0.4 is 10.1 Å². The molecule has 2 nitrogen and oxygen atoms in total. The molecule has 0 bridgehead atoms. The number of hydrogen-bond donors (Lipinski definition) is 1. The minimum absolute atomic E-state index is 0.169. The first kappa shape index (κ1) is 16.3. The molecular weight excluding hydrogens is 357 g/mol. The van der Waals surface area contributed by atoms with Crippen LogP contribution >= 0.6 is 27.5 Å². The Balaban J connectivity index is 2.12. The Morgan fingerprint density at radius 2 is 2.00 bits per heavy atom. The standard InChI is InChI=1S/C16H16BrClFNO/c1-10(2)20-9-11-3-5-13(8-14(11)18)21-16-6-4-12(17)7-15(16)19/h3-8,10,20H,9H2,1-2H3. The van der Waals surface area contributed by atoms with Crippen LogP contribution in [0, 0.1) is 5.82 Å². The van der Waals surface area contributed by atoms with Crippen molar-refractivity contribution in [3.05, 3.63) is 57.3 Å². The summed E-state index contributed by atoms with van der Waals surface area (Å²) >= 11 is 9.43. The molecule has 0 aliphatic carbocycles. The second kappa shape index (κ2) is 7.25. The number of nitrogens with one attached hydrogen (secondary N) is 1. The quantitative estimate of drug-likeness (QED) is 0.745. The van der Waals surface area contributed by atoms with Gasteiger partial charge in [0.05, 0.1) is 0 Å². The normalized spacial score (nSPS) is 11.0. The summed E-state index contributed by atoms with van der Waals surface area (Å²) in [6.07, 6.45) is 0. The third kappa shape index (κ3) is 4.70. The molecule has 0 fully saturated rings. The molecule has 112 valence electrons. The maximum absolute atomic E-state index is 13.7. The van der Waals surface area contributed by atoms with Gasteiger partial charge in [-0.2, -0.15) is 0 Å². The molecule has 2 aromatic rings. The monoisotopic (exact) mass is 371 g/mol. The number of benzene rings is 2. The van der Waals surface area contributed by atoms with Crippen molar-refractivity contribution in [2.75, 3.05) is 0 Å². The summed E-state index contributed by atoms with van der Waals surface area (Å²) in [6, 6.07) is 10.4. The van der Waals surface area contributed by atoms with Gasteiger partial charge in [0.2, 0.25) is 0 Å². The Kier molecular flexibility index (Phi) is 5.62. The molecule has 0 aliphatic heterocycles. The van der Waals surface area contributed by atoms with Crippen LogP contribution in [-0.2, 0) is 6.54 Å². The molecule has 2 aromatic carbocycles. The van der Waals surface area contributed by atoms with Crippen molar-refractivity contribution >= 4 is 27.5 Å². The molecule has 21 heavy (non-hydrogen) atoms. The first-order valence-electron chi connectivity index (χ1n) is 6.60. The van der Waals surface area contributed by atoms with Crippen molar-refractivity contribution in [1.29, 1.82) is 0 Å². The zero-order valence-corrected chi connectivity index (χ0v) is 14.1. The molecule has 0 aliphatic rings. The first-order valence-corrected chi connectivity index (χ1v) is 7.77. The lowest BCUT2D eigenvalue weighted by molar-refractivity contribution is 0.442. The van der Waals surface area contributed by atoms with E-state index in [2.05, 4.69) is 35.1 Å². The minimum Gasteiger partial charge on any atom is -0.454 e. The summed E-state index contributed by atoms with van der Waals surface area (Å²) < 4.78 is 19.9. The third-order valence-electron chi connectivity index (χ3n) is 2.85. The molecule has 0 saturated carbocycles. The summed E-state index contributed by atoms with van der Waals surface area (Å²) in [6.45, 7) is 4.83. The zero-order chi connectivity index (χ0) is 15.4. The van der Waals surface area contributed by atoms with Crippen LogP contribution in [0.4, 0.5) is 4.39 Å². The Morgan fingerprint density at radius 1 is 1.24 bits per heavy atom. The van der Waals surface area contributed by atoms with E-state index in [0.717, 1.165) is 5.56 Å². The summed E-state index contributed by atoms with van der Waals surface area (Å²) in [5.41, 5.74) is 0.981. The SMILES string of the molecule is CC(C)NCc1ccc(Oc2ccc(Br)cc2F)cc1Cl. The predicted molar refractivity (Wildman–Crippen MR) is 87.6 cm³/mol. The highest BCUT2D eigenvalue weighted by molar-refractivity contribution is 9.10. The van der Waals surface area contributed by atoms with Gasteiger partial charge in [-0.25, -0.2) is 4.39 Å². The van der Waals surface area contributed by atoms with Crippen molar-refractivity contribution in [1.82, 2.24) is 5.32 Å². The van der Waals surface area contributed by atoms with Crippen LogP contribution in [0.3, 0.4) is 0 Å². The van der Waals surface area contributed by atoms with Crippen LogP contribution in [0.2, 0.25) is 5.02 Å². The molecule has 0 spiro atoms. The van der Waals surface area contributed by atoms with Crippen LogP contribution in [-0.4, -0.2) is 6.04 Å². The van der Waals surface area contributed by atoms with Gasteiger partial charge in [-0.3, -0.25) is 0 Å². The molecule has 5 heteroatoms. The molecule has 0 heterocycles. The average Bonchev–Trinajstić information content (AvgIpc) is 2.41. The van der Waals surface area contributed by atoms with Gasteiger partial charge in [0.25, 0.3) is 0 Å². The van der Waals surface area contributed by atoms with E-state index in [4.69, 9.17) is 16.3 Å². The molecule has 0 saturated heterocycles. The Morgan fingerprint density at radius 3 is 2.62 bits per heavy atom. The van der Waals surface area contributed by atoms with E-state index in [1.54, 1.807) is 24.3 Å². The van der Waals surface area contributed by atoms with Gasteiger partial charge in [-0.1, -0.05) is 47.4 Å². The topological polar surface area (TPSA) is 21.3 Å². The largest absolute Gasteiger partial charge is 0.454 e. The van der Waals surface area contributed by atoms with E-state index < -0.39 is 5.82 Å². The fourth-order valence-corrected chi connectivity index (χ4v) is 2.30. The van der Waals surface area contributed by atoms with Crippen molar-refractivity contribution in [3.8, 4) is 11.5 Å². The van der Waals surface area contributed by atoms with Crippen LogP contribution in [0.25, 0.3) is 0 Å². The van der Waals surface area contributed by atoms with E-state index in [1.165, 1.54) is 6.07 Å². The lowest BCUT2D eigenvalue weighted by Crippen LogP contribution is -2.21. The molecular formula is C16H16BrClFNO. The summed E-state index contributed by atoms with van der Waals surface area (Å²) in [5.74, 6) is 0.253. The second-order valence-electron chi connectivity index (χ2n) is 4.97. The highest BCUT2D eigenvalue weighted by Crippen LogP contribution is 2.29. The van der Waals surface area contributed by atoms with E-state index in [-0.39, 0.29) is 5.75 Å². The van der Waals surface area contributed by atoms with Gasteiger partial charge < -0.3 is 10.1 Å². The van der Waals surface area contributed by atoms with Crippen molar-refractivity contribution < 1.29 is 9.13 Å². The molecule has 2 rings (SSSR count). The molecule has 0 radical (unpaired) electrons. The van der Waals surface area contributed by atoms with Gasteiger partial charge in [0.1, 0.15) is 5.75 Å². The van der Waals surface area contributed by atoms with Gasteiger partial charge in [0.15, 0.2) is 11.6 Å². The number of hydrogen-bond acceptors (Lipinski definition) is 2. The smallest absolute Gasteiger partial charge is 0.166 e. The lowest BCUT2D eigenvalue weighted by Gasteiger charge is -2.12. The fraction of sp³-hybridized carbons (Fsp3) is 0.250. The van der Waals surface area contributed by atoms with Crippen molar-refractivity contribution in [2.45, 2.75) is 26.4 Å². The Bertz CT molecular complexity index is 634. The molecule has 0 atom stereocenters. The van der Waals surface area contributed by atoms with Crippen LogP contribution in [0.1, 0.15) is 19.4 Å². The second-order valence-corrected chi connectivity index (χ2v) is 6.29. The number of ether oxygens (including phenoxy) is 1. The highest BCUT2D eigenvalue weighted by atomic mass is 79.9. The third-order valence-corrected chi connectivity index (χ3v) is 3.69. The Labute approximate surface area is 137 Å². The molecule has 0 amide bonds. The van der Waals surface area contributed by atoms with Gasteiger partial charge in [-0.05, 0) is 35.9 Å². The van der Waals surface area contributed by atoms with Gasteiger partial charge in [0, 0.05) is 22.1 Å². The van der Waals surface area contributed by atoms with Crippen molar-refractivity contribution in [3.63, 3.8) is 0 Å².